The fourth-order valence-corrected chi connectivity index (χ4v) is 4.19. The van der Waals surface area contributed by atoms with Gasteiger partial charge in [0, 0.05) is 28.4 Å². The Bertz CT molecular complexity index is 729. The highest BCUT2D eigenvalue weighted by Crippen LogP contribution is 2.22. The molecule has 134 valence electrons. The van der Waals surface area contributed by atoms with Gasteiger partial charge in [-0.05, 0) is 55.9 Å². The summed E-state index contributed by atoms with van der Waals surface area (Å²) in [5.41, 5.74) is 8.30. The third-order valence-corrected chi connectivity index (χ3v) is 5.62. The van der Waals surface area contributed by atoms with Gasteiger partial charge in [-0.2, -0.15) is 0 Å². The number of ether oxygens (including phenoxy) is 1. The van der Waals surface area contributed by atoms with E-state index in [2.05, 4.69) is 34.3 Å². The number of thiophene rings is 1. The van der Waals surface area contributed by atoms with Crippen LogP contribution in [-0.2, 0) is 35.2 Å². The van der Waals surface area contributed by atoms with Crippen LogP contribution in [0.1, 0.15) is 33.9 Å². The van der Waals surface area contributed by atoms with Crippen molar-refractivity contribution < 1.29 is 9.53 Å². The van der Waals surface area contributed by atoms with Crippen molar-refractivity contribution >= 4 is 23.1 Å². The van der Waals surface area contributed by atoms with E-state index in [4.69, 9.17) is 10.7 Å². The average molecular weight is 359 g/mol. The summed E-state index contributed by atoms with van der Waals surface area (Å²) in [7, 11) is 1.37. The van der Waals surface area contributed by atoms with Crippen LogP contribution < -0.4 is 11.1 Å². The fourth-order valence-electron chi connectivity index (χ4n) is 3.07. The Labute approximate surface area is 152 Å². The number of rotatable bonds is 7. The molecule has 3 N–H and O–H groups in total. The smallest absolute Gasteiger partial charge is 0.323 e. The normalized spacial score (nSPS) is 14.5. The van der Waals surface area contributed by atoms with Crippen molar-refractivity contribution in [3.8, 4) is 0 Å². The SMILES string of the molecule is COC(=O)[C@@H](N)Cc1ccc(CCCc2ccc3c(n2)NCCC3)s1. The van der Waals surface area contributed by atoms with E-state index in [1.807, 2.05) is 0 Å². The molecule has 25 heavy (non-hydrogen) atoms. The van der Waals surface area contributed by atoms with E-state index >= 15 is 0 Å². The van der Waals surface area contributed by atoms with Crippen LogP contribution in [0.3, 0.4) is 0 Å². The molecule has 1 aliphatic rings. The lowest BCUT2D eigenvalue weighted by atomic mass is 10.1. The number of nitrogens with zero attached hydrogens (tertiary/aromatic N) is 1. The molecule has 0 fully saturated rings. The van der Waals surface area contributed by atoms with Gasteiger partial charge in [0.15, 0.2) is 0 Å². The number of methoxy groups -OCH3 is 1. The molecule has 6 heteroatoms. The molecule has 0 radical (unpaired) electrons. The van der Waals surface area contributed by atoms with Crippen LogP contribution in [0.4, 0.5) is 5.82 Å². The van der Waals surface area contributed by atoms with Gasteiger partial charge in [0.25, 0.3) is 0 Å². The first-order chi connectivity index (χ1) is 12.2. The lowest BCUT2D eigenvalue weighted by Gasteiger charge is -2.17. The quantitative estimate of drug-likeness (QED) is 0.743. The molecule has 0 aromatic carbocycles. The number of hydrogen-bond donors (Lipinski definition) is 2. The predicted molar refractivity (Wildman–Crippen MR) is 101 cm³/mol. The zero-order chi connectivity index (χ0) is 17.6. The van der Waals surface area contributed by atoms with Crippen molar-refractivity contribution in [1.29, 1.82) is 0 Å². The molecular formula is C19H25N3O2S. The summed E-state index contributed by atoms with van der Waals surface area (Å²) in [4.78, 5) is 18.6. The highest BCUT2D eigenvalue weighted by molar-refractivity contribution is 7.12. The molecular weight excluding hydrogens is 334 g/mol. The Kier molecular flexibility index (Phi) is 6.04. The minimum atomic E-state index is -0.580. The maximum atomic E-state index is 11.4. The highest BCUT2D eigenvalue weighted by Gasteiger charge is 2.15. The molecule has 1 aliphatic heterocycles. The Morgan fingerprint density at radius 2 is 2.16 bits per heavy atom. The third kappa shape index (κ3) is 4.80. The molecule has 0 saturated carbocycles. The van der Waals surface area contributed by atoms with E-state index in [9.17, 15) is 4.79 Å². The van der Waals surface area contributed by atoms with Crippen molar-refractivity contribution in [1.82, 2.24) is 4.98 Å². The Hall–Kier alpha value is -1.92. The second-order valence-electron chi connectivity index (χ2n) is 6.40. The molecule has 0 amide bonds. The fraction of sp³-hybridized carbons (Fsp3) is 0.474. The first kappa shape index (κ1) is 17.9. The van der Waals surface area contributed by atoms with Crippen LogP contribution >= 0.6 is 11.3 Å². The molecule has 0 bridgehead atoms. The van der Waals surface area contributed by atoms with Crippen molar-refractivity contribution in [2.24, 2.45) is 5.73 Å². The predicted octanol–water partition coefficient (Wildman–Crippen LogP) is 2.72. The number of nitrogens with two attached hydrogens (primary N) is 1. The van der Waals surface area contributed by atoms with Gasteiger partial charge in [0.1, 0.15) is 11.9 Å². The van der Waals surface area contributed by atoms with E-state index < -0.39 is 6.04 Å². The van der Waals surface area contributed by atoms with Gasteiger partial charge < -0.3 is 15.8 Å². The summed E-state index contributed by atoms with van der Waals surface area (Å²) in [6.45, 7) is 1.02. The van der Waals surface area contributed by atoms with Crippen LogP contribution in [0, 0.1) is 0 Å². The molecule has 2 aromatic rings. The molecule has 1 atom stereocenters. The number of aromatic nitrogens is 1. The Balaban J connectivity index is 1.48. The second kappa shape index (κ2) is 8.45. The van der Waals surface area contributed by atoms with E-state index in [1.165, 1.54) is 24.0 Å². The van der Waals surface area contributed by atoms with Crippen LogP contribution in [-0.4, -0.2) is 30.6 Å². The standard InChI is InChI=1S/C19H25N3O2S/c1-24-19(23)17(20)12-16-10-9-15(25-16)6-2-5-14-8-7-13-4-3-11-21-18(13)22-14/h7-10,17H,2-6,11-12,20H2,1H3,(H,21,22)/t17-/m0/s1. The van der Waals surface area contributed by atoms with Gasteiger partial charge in [-0.1, -0.05) is 6.07 Å². The monoisotopic (exact) mass is 359 g/mol. The first-order valence-corrected chi connectivity index (χ1v) is 9.61. The number of carbonyl (C=O) groups is 1. The number of esters is 1. The van der Waals surface area contributed by atoms with Crippen LogP contribution in [0.15, 0.2) is 24.3 Å². The molecule has 0 saturated heterocycles. The van der Waals surface area contributed by atoms with Crippen LogP contribution in [0.5, 0.6) is 0 Å². The second-order valence-corrected chi connectivity index (χ2v) is 7.65. The van der Waals surface area contributed by atoms with Gasteiger partial charge in [-0.25, -0.2) is 4.98 Å². The summed E-state index contributed by atoms with van der Waals surface area (Å²) in [5.74, 6) is 0.709. The number of carbonyl (C=O) groups excluding carboxylic acids is 1. The number of anilines is 1. The van der Waals surface area contributed by atoms with E-state index in [0.29, 0.717) is 6.42 Å². The van der Waals surface area contributed by atoms with Crippen LogP contribution in [0.2, 0.25) is 0 Å². The van der Waals surface area contributed by atoms with Gasteiger partial charge in [0.05, 0.1) is 7.11 Å². The summed E-state index contributed by atoms with van der Waals surface area (Å²) >= 11 is 1.73. The number of fused-ring (bicyclic) bond motifs is 1. The van der Waals surface area contributed by atoms with E-state index in [-0.39, 0.29) is 5.97 Å². The minimum absolute atomic E-state index is 0.359. The molecule has 0 unspecified atom stereocenters. The maximum absolute atomic E-state index is 11.4. The Morgan fingerprint density at radius 3 is 3.00 bits per heavy atom. The molecule has 3 rings (SSSR count). The molecule has 5 nitrogen and oxygen atoms in total. The van der Waals surface area contributed by atoms with Crippen LogP contribution in [0.25, 0.3) is 0 Å². The summed E-state index contributed by atoms with van der Waals surface area (Å²) in [5, 5.41) is 3.39. The molecule has 0 aliphatic carbocycles. The number of nitrogens with one attached hydrogen (secondary N) is 1. The lowest BCUT2D eigenvalue weighted by Crippen LogP contribution is -2.33. The van der Waals surface area contributed by atoms with Gasteiger partial charge in [-0.3, -0.25) is 4.79 Å². The summed E-state index contributed by atoms with van der Waals surface area (Å²) < 4.78 is 4.67. The third-order valence-electron chi connectivity index (χ3n) is 4.45. The average Bonchev–Trinajstić information content (AvgIpc) is 3.08. The highest BCUT2D eigenvalue weighted by atomic mass is 32.1. The van der Waals surface area contributed by atoms with E-state index in [0.717, 1.165) is 48.6 Å². The molecule has 0 spiro atoms. The summed E-state index contributed by atoms with van der Waals surface area (Å²) in [6, 6.07) is 7.97. The topological polar surface area (TPSA) is 77.2 Å². The Morgan fingerprint density at radius 1 is 1.32 bits per heavy atom. The van der Waals surface area contributed by atoms with Crippen molar-refractivity contribution in [2.45, 2.75) is 44.6 Å². The van der Waals surface area contributed by atoms with Gasteiger partial charge >= 0.3 is 5.97 Å². The minimum Gasteiger partial charge on any atom is -0.468 e. The largest absolute Gasteiger partial charge is 0.468 e. The van der Waals surface area contributed by atoms with Crippen molar-refractivity contribution in [3.63, 3.8) is 0 Å². The zero-order valence-corrected chi connectivity index (χ0v) is 15.4. The zero-order valence-electron chi connectivity index (χ0n) is 14.6. The molecule has 3 heterocycles. The molecule has 2 aromatic heterocycles. The van der Waals surface area contributed by atoms with Crippen molar-refractivity contribution in [2.75, 3.05) is 19.0 Å². The maximum Gasteiger partial charge on any atom is 0.323 e. The number of aryl methyl sites for hydroxylation is 3. The number of pyridine rings is 1. The number of hydrogen-bond acceptors (Lipinski definition) is 6. The van der Waals surface area contributed by atoms with Gasteiger partial charge in [-0.15, -0.1) is 11.3 Å². The van der Waals surface area contributed by atoms with Crippen molar-refractivity contribution in [3.05, 3.63) is 45.3 Å². The van der Waals surface area contributed by atoms with E-state index in [1.54, 1.807) is 11.3 Å². The van der Waals surface area contributed by atoms with Gasteiger partial charge in [0.2, 0.25) is 0 Å². The lowest BCUT2D eigenvalue weighted by molar-refractivity contribution is -0.142. The first-order valence-electron chi connectivity index (χ1n) is 8.79. The summed E-state index contributed by atoms with van der Waals surface area (Å²) in [6.07, 6.45) is 5.91.